The molecule has 7 nitrogen and oxygen atoms in total. The summed E-state index contributed by atoms with van der Waals surface area (Å²) in [4.78, 5) is 28.9. The van der Waals surface area contributed by atoms with Crippen LogP contribution in [0.2, 0.25) is 10.0 Å². The van der Waals surface area contributed by atoms with Gasteiger partial charge >= 0.3 is 0 Å². The molecule has 0 aliphatic heterocycles. The van der Waals surface area contributed by atoms with E-state index >= 15 is 0 Å². The molecule has 208 valence electrons. The van der Waals surface area contributed by atoms with Crippen LogP contribution in [0, 0.1) is 0 Å². The highest BCUT2D eigenvalue weighted by molar-refractivity contribution is 6.42. The maximum absolute atomic E-state index is 13.8. The van der Waals surface area contributed by atoms with Gasteiger partial charge in [0, 0.05) is 37.2 Å². The van der Waals surface area contributed by atoms with Gasteiger partial charge in [-0.2, -0.15) is 0 Å². The number of nitrogens with zero attached hydrogens (tertiary/aromatic N) is 1. The van der Waals surface area contributed by atoms with Crippen molar-refractivity contribution in [2.24, 2.45) is 0 Å². The van der Waals surface area contributed by atoms with Gasteiger partial charge in [0.25, 0.3) is 5.91 Å². The maximum Gasteiger partial charge on any atom is 0.261 e. The molecule has 0 fully saturated rings. The lowest BCUT2D eigenvalue weighted by atomic mass is 10.0. The maximum atomic E-state index is 13.8. The molecular weight excluding hydrogens is 539 g/mol. The Kier molecular flexibility index (Phi) is 11.3. The molecule has 1 N–H and O–H groups in total. The first-order valence-electron chi connectivity index (χ1n) is 12.7. The first kappa shape index (κ1) is 30.1. The second-order valence-electron chi connectivity index (χ2n) is 9.13. The van der Waals surface area contributed by atoms with Gasteiger partial charge in [-0.3, -0.25) is 9.59 Å². The molecule has 9 heteroatoms. The van der Waals surface area contributed by atoms with E-state index in [4.69, 9.17) is 37.4 Å². The van der Waals surface area contributed by atoms with Crippen molar-refractivity contribution in [2.45, 2.75) is 45.3 Å². The highest BCUT2D eigenvalue weighted by atomic mass is 35.5. The number of carbonyl (C=O) groups excluding carboxylic acids is 2. The number of rotatable bonds is 13. The minimum absolute atomic E-state index is 0.0572. The number of hydrogen-bond acceptors (Lipinski definition) is 5. The molecule has 0 heterocycles. The van der Waals surface area contributed by atoms with Crippen LogP contribution in [0.4, 0.5) is 0 Å². The lowest BCUT2D eigenvalue weighted by Crippen LogP contribution is -2.53. The summed E-state index contributed by atoms with van der Waals surface area (Å²) < 4.78 is 16.5. The van der Waals surface area contributed by atoms with Crippen molar-refractivity contribution in [1.82, 2.24) is 10.2 Å². The molecule has 0 aliphatic rings. The molecule has 0 aliphatic carbocycles. The van der Waals surface area contributed by atoms with Gasteiger partial charge in [0.15, 0.2) is 6.61 Å². The predicted molar refractivity (Wildman–Crippen MR) is 154 cm³/mol. The Labute approximate surface area is 240 Å². The fourth-order valence-corrected chi connectivity index (χ4v) is 4.24. The second kappa shape index (κ2) is 14.7. The van der Waals surface area contributed by atoms with E-state index in [-0.39, 0.29) is 31.0 Å². The second-order valence-corrected chi connectivity index (χ2v) is 9.94. The standard InChI is InChI=1S/C30H34Cl2N2O5/c1-5-20(2)33-30(36)28(14-21-9-7-6-8-10-21)34(18-22-11-12-26(31)27(32)13-22)29(35)19-39-25-16-23(37-3)15-24(17-25)38-4/h6-13,15-17,20,28H,5,14,18-19H2,1-4H3,(H,33,36). The van der Waals surface area contributed by atoms with E-state index in [9.17, 15) is 9.59 Å². The molecule has 3 aromatic rings. The third kappa shape index (κ3) is 8.80. The predicted octanol–water partition coefficient (Wildman–Crippen LogP) is 5.94. The minimum Gasteiger partial charge on any atom is -0.496 e. The zero-order valence-electron chi connectivity index (χ0n) is 22.6. The number of amides is 2. The molecule has 3 rings (SSSR count). The van der Waals surface area contributed by atoms with Crippen molar-refractivity contribution in [2.75, 3.05) is 20.8 Å². The van der Waals surface area contributed by atoms with Crippen molar-refractivity contribution in [3.8, 4) is 17.2 Å². The van der Waals surface area contributed by atoms with Crippen molar-refractivity contribution in [3.05, 3.63) is 87.9 Å². The largest absolute Gasteiger partial charge is 0.496 e. The third-order valence-corrected chi connectivity index (χ3v) is 7.04. The zero-order valence-corrected chi connectivity index (χ0v) is 24.1. The van der Waals surface area contributed by atoms with Gasteiger partial charge < -0.3 is 24.4 Å². The summed E-state index contributed by atoms with van der Waals surface area (Å²) >= 11 is 12.4. The monoisotopic (exact) mass is 572 g/mol. The summed E-state index contributed by atoms with van der Waals surface area (Å²) in [6.45, 7) is 3.75. The van der Waals surface area contributed by atoms with Gasteiger partial charge in [0.2, 0.25) is 5.91 Å². The van der Waals surface area contributed by atoms with E-state index in [2.05, 4.69) is 5.32 Å². The van der Waals surface area contributed by atoms with E-state index in [1.807, 2.05) is 44.2 Å². The number of hydrogen-bond donors (Lipinski definition) is 1. The van der Waals surface area contributed by atoms with Gasteiger partial charge in [-0.1, -0.05) is 66.5 Å². The first-order chi connectivity index (χ1) is 18.7. The fourth-order valence-electron chi connectivity index (χ4n) is 3.92. The van der Waals surface area contributed by atoms with E-state index in [0.29, 0.717) is 33.7 Å². The number of carbonyl (C=O) groups is 2. The lowest BCUT2D eigenvalue weighted by molar-refractivity contribution is -0.143. The smallest absolute Gasteiger partial charge is 0.261 e. The lowest BCUT2D eigenvalue weighted by Gasteiger charge is -2.32. The average molecular weight is 574 g/mol. The quantitative estimate of drug-likeness (QED) is 0.274. The summed E-state index contributed by atoms with van der Waals surface area (Å²) in [6, 6.07) is 18.9. The molecule has 0 bridgehead atoms. The Morgan fingerprint density at radius 2 is 1.51 bits per heavy atom. The molecular formula is C30H34Cl2N2O5. The number of nitrogens with one attached hydrogen (secondary N) is 1. The van der Waals surface area contributed by atoms with Gasteiger partial charge in [0.1, 0.15) is 23.3 Å². The average Bonchev–Trinajstić information content (AvgIpc) is 2.95. The van der Waals surface area contributed by atoms with Crippen LogP contribution >= 0.6 is 23.2 Å². The van der Waals surface area contributed by atoms with Gasteiger partial charge in [-0.25, -0.2) is 0 Å². The van der Waals surface area contributed by atoms with Crippen LogP contribution in [0.25, 0.3) is 0 Å². The summed E-state index contributed by atoms with van der Waals surface area (Å²) in [5.41, 5.74) is 1.65. The summed E-state index contributed by atoms with van der Waals surface area (Å²) in [5, 5.41) is 3.81. The summed E-state index contributed by atoms with van der Waals surface area (Å²) in [7, 11) is 3.07. The van der Waals surface area contributed by atoms with E-state index < -0.39 is 6.04 Å². The SMILES string of the molecule is CCC(C)NC(=O)C(Cc1ccccc1)N(Cc1ccc(Cl)c(Cl)c1)C(=O)COc1cc(OC)cc(OC)c1. The molecule has 0 saturated carbocycles. The molecule has 39 heavy (non-hydrogen) atoms. The van der Waals surface area contributed by atoms with Crippen molar-refractivity contribution >= 4 is 35.0 Å². The molecule has 0 saturated heterocycles. The summed E-state index contributed by atoms with van der Waals surface area (Å²) in [5.74, 6) is 0.837. The van der Waals surface area contributed by atoms with Crippen LogP contribution in [0.1, 0.15) is 31.4 Å². The summed E-state index contributed by atoms with van der Waals surface area (Å²) in [6.07, 6.45) is 1.08. The van der Waals surface area contributed by atoms with Crippen LogP contribution < -0.4 is 19.5 Å². The number of benzene rings is 3. The Morgan fingerprint density at radius 1 is 0.872 bits per heavy atom. The normalized spacial score (nSPS) is 12.3. The minimum atomic E-state index is -0.799. The van der Waals surface area contributed by atoms with Crippen LogP contribution in [-0.4, -0.2) is 49.6 Å². The zero-order chi connectivity index (χ0) is 28.4. The molecule has 0 spiro atoms. The topological polar surface area (TPSA) is 77.1 Å². The fraction of sp³-hybridized carbons (Fsp3) is 0.333. The first-order valence-corrected chi connectivity index (χ1v) is 13.4. The van der Waals surface area contributed by atoms with E-state index in [1.165, 1.54) is 19.1 Å². The highest BCUT2D eigenvalue weighted by Gasteiger charge is 2.31. The Morgan fingerprint density at radius 3 is 2.10 bits per heavy atom. The molecule has 2 atom stereocenters. The van der Waals surface area contributed by atoms with Gasteiger partial charge in [0.05, 0.1) is 24.3 Å². The molecule has 2 amide bonds. The third-order valence-electron chi connectivity index (χ3n) is 6.30. The van der Waals surface area contributed by atoms with Crippen LogP contribution in [0.3, 0.4) is 0 Å². The molecule has 3 aromatic carbocycles. The molecule has 2 unspecified atom stereocenters. The van der Waals surface area contributed by atoms with Crippen molar-refractivity contribution < 1.29 is 23.8 Å². The van der Waals surface area contributed by atoms with E-state index in [0.717, 1.165) is 17.5 Å². The molecule has 0 radical (unpaired) electrons. The van der Waals surface area contributed by atoms with Crippen LogP contribution in [0.15, 0.2) is 66.7 Å². The van der Waals surface area contributed by atoms with Crippen molar-refractivity contribution in [3.63, 3.8) is 0 Å². The van der Waals surface area contributed by atoms with Crippen LogP contribution in [0.5, 0.6) is 17.2 Å². The molecule has 0 aromatic heterocycles. The number of halogens is 2. The Bertz CT molecular complexity index is 1230. The van der Waals surface area contributed by atoms with Gasteiger partial charge in [-0.05, 0) is 36.6 Å². The number of methoxy groups -OCH3 is 2. The number of ether oxygens (including phenoxy) is 3. The van der Waals surface area contributed by atoms with Crippen LogP contribution in [-0.2, 0) is 22.6 Å². The Hall–Kier alpha value is -3.42. The van der Waals surface area contributed by atoms with E-state index in [1.54, 1.807) is 36.4 Å². The Balaban J connectivity index is 1.95. The van der Waals surface area contributed by atoms with Gasteiger partial charge in [-0.15, -0.1) is 0 Å². The highest BCUT2D eigenvalue weighted by Crippen LogP contribution is 2.28. The van der Waals surface area contributed by atoms with Crippen molar-refractivity contribution in [1.29, 1.82) is 0 Å².